The van der Waals surface area contributed by atoms with Gasteiger partial charge < -0.3 is 14.7 Å². The third-order valence-electron chi connectivity index (χ3n) is 5.70. The topological polar surface area (TPSA) is 54.2 Å². The molecule has 1 N–H and O–H groups in total. The van der Waals surface area contributed by atoms with Gasteiger partial charge in [-0.2, -0.15) is 4.98 Å². The molecule has 2 heterocycles. The van der Waals surface area contributed by atoms with Crippen molar-refractivity contribution in [2.45, 2.75) is 46.1 Å². The average Bonchev–Trinajstić information content (AvgIpc) is 3.25. The van der Waals surface area contributed by atoms with Crippen molar-refractivity contribution in [3.05, 3.63) is 77.1 Å². The number of thiocarbonyl (C=S) groups is 1. The van der Waals surface area contributed by atoms with Gasteiger partial charge in [0.25, 0.3) is 5.89 Å². The fourth-order valence-electron chi connectivity index (χ4n) is 4.02. The number of nitrogens with zero attached hydrogens (tertiary/aromatic N) is 3. The molecule has 0 amide bonds. The van der Waals surface area contributed by atoms with Crippen LogP contribution >= 0.6 is 12.2 Å². The van der Waals surface area contributed by atoms with Crippen molar-refractivity contribution in [2.75, 3.05) is 6.54 Å². The molecule has 1 atom stereocenters. The molecule has 0 saturated carbocycles. The van der Waals surface area contributed by atoms with Gasteiger partial charge in [0.2, 0.25) is 5.82 Å². The van der Waals surface area contributed by atoms with Gasteiger partial charge in [0, 0.05) is 17.8 Å². The van der Waals surface area contributed by atoms with Crippen LogP contribution in [0.25, 0.3) is 17.0 Å². The summed E-state index contributed by atoms with van der Waals surface area (Å²) in [5.74, 6) is 0.625. The summed E-state index contributed by atoms with van der Waals surface area (Å²) in [5.41, 5.74) is 4.52. The van der Waals surface area contributed by atoms with E-state index in [9.17, 15) is 4.39 Å². The molecule has 1 unspecified atom stereocenters. The highest BCUT2D eigenvalue weighted by Gasteiger charge is 2.34. The van der Waals surface area contributed by atoms with E-state index in [-0.39, 0.29) is 11.9 Å². The minimum absolute atomic E-state index is 0.302. The number of nitrogens with one attached hydrogen (secondary N) is 1. The van der Waals surface area contributed by atoms with Gasteiger partial charge in [-0.15, -0.1) is 0 Å². The fraction of sp³-hybridized carbons (Fsp3) is 0.320. The smallest absolute Gasteiger partial charge is 0.258 e. The van der Waals surface area contributed by atoms with Crippen LogP contribution in [-0.2, 0) is 0 Å². The predicted molar refractivity (Wildman–Crippen MR) is 128 cm³/mol. The van der Waals surface area contributed by atoms with Crippen LogP contribution in [0.1, 0.15) is 56.2 Å². The van der Waals surface area contributed by atoms with Crippen molar-refractivity contribution in [1.82, 2.24) is 20.4 Å². The summed E-state index contributed by atoms with van der Waals surface area (Å²) >= 11 is 5.68. The number of benzene rings is 2. The average molecular weight is 451 g/mol. The van der Waals surface area contributed by atoms with Gasteiger partial charge in [0.1, 0.15) is 5.82 Å². The van der Waals surface area contributed by atoms with E-state index in [1.807, 2.05) is 44.2 Å². The molecule has 0 bridgehead atoms. The lowest BCUT2D eigenvalue weighted by molar-refractivity contribution is 0.395. The molecule has 5 nitrogen and oxygen atoms in total. The van der Waals surface area contributed by atoms with Crippen molar-refractivity contribution in [1.29, 1.82) is 0 Å². The monoisotopic (exact) mass is 450 g/mol. The summed E-state index contributed by atoms with van der Waals surface area (Å²) in [5, 5.41) is 8.23. The van der Waals surface area contributed by atoms with Crippen LogP contribution < -0.4 is 5.32 Å². The first kappa shape index (κ1) is 22.1. The lowest BCUT2D eigenvalue weighted by Crippen LogP contribution is -2.46. The molecule has 1 aliphatic rings. The number of allylic oxidation sites excluding steroid dienone is 1. The van der Waals surface area contributed by atoms with Gasteiger partial charge in [-0.3, -0.25) is 0 Å². The van der Waals surface area contributed by atoms with Crippen LogP contribution in [0.4, 0.5) is 4.39 Å². The maximum Gasteiger partial charge on any atom is 0.258 e. The predicted octanol–water partition coefficient (Wildman–Crippen LogP) is 6.04. The molecule has 0 saturated heterocycles. The van der Waals surface area contributed by atoms with Crippen LogP contribution in [0, 0.1) is 12.7 Å². The molecule has 0 aliphatic carbocycles. The van der Waals surface area contributed by atoms with Crippen LogP contribution in [-0.4, -0.2) is 26.7 Å². The standard InChI is InChI=1S/C25H27FN4OS/c1-4-5-6-13-30-17(3)21(22(27-25(30)32)18-10-8-12-20(26)15-18)24-28-23(29-31-24)19-11-7-9-16(2)14-19/h7-12,14-15,22H,4-6,13H2,1-3H3,(H,27,32). The fourth-order valence-corrected chi connectivity index (χ4v) is 4.36. The number of unbranched alkanes of at least 4 members (excludes halogenated alkanes) is 2. The van der Waals surface area contributed by atoms with Gasteiger partial charge in [-0.05, 0) is 56.2 Å². The van der Waals surface area contributed by atoms with Crippen LogP contribution in [0.2, 0.25) is 0 Å². The molecule has 1 aromatic heterocycles. The van der Waals surface area contributed by atoms with Crippen molar-refractivity contribution >= 4 is 22.9 Å². The molecule has 0 fully saturated rings. The normalized spacial score (nSPS) is 16.4. The lowest BCUT2D eigenvalue weighted by atomic mass is 9.94. The van der Waals surface area contributed by atoms with E-state index in [4.69, 9.17) is 21.7 Å². The zero-order valence-corrected chi connectivity index (χ0v) is 19.4. The Labute approximate surface area is 193 Å². The Balaban J connectivity index is 1.78. The zero-order valence-electron chi connectivity index (χ0n) is 18.6. The number of aryl methyl sites for hydroxylation is 1. The highest BCUT2D eigenvalue weighted by atomic mass is 32.1. The van der Waals surface area contributed by atoms with Crippen molar-refractivity contribution in [3.8, 4) is 11.4 Å². The quantitative estimate of drug-likeness (QED) is 0.350. The SMILES string of the molecule is CCCCCN1C(=S)NC(c2cccc(F)c2)C(c2nc(-c3cccc(C)c3)no2)=C1C. The van der Waals surface area contributed by atoms with E-state index in [2.05, 4.69) is 22.3 Å². The zero-order chi connectivity index (χ0) is 22.7. The van der Waals surface area contributed by atoms with Gasteiger partial charge in [0.05, 0.1) is 11.6 Å². The molecule has 7 heteroatoms. The summed E-state index contributed by atoms with van der Waals surface area (Å²) in [6.07, 6.45) is 3.26. The largest absolute Gasteiger partial charge is 0.351 e. The number of hydrogen-bond acceptors (Lipinski definition) is 4. The van der Waals surface area contributed by atoms with E-state index in [0.29, 0.717) is 16.8 Å². The second kappa shape index (κ2) is 9.61. The van der Waals surface area contributed by atoms with Crippen LogP contribution in [0.5, 0.6) is 0 Å². The maximum atomic E-state index is 14.1. The maximum absolute atomic E-state index is 14.1. The number of halogens is 1. The number of rotatable bonds is 7. The Morgan fingerprint density at radius 1 is 1.12 bits per heavy atom. The summed E-state index contributed by atoms with van der Waals surface area (Å²) in [7, 11) is 0. The number of hydrogen-bond donors (Lipinski definition) is 1. The van der Waals surface area contributed by atoms with Gasteiger partial charge in [0.15, 0.2) is 5.11 Å². The minimum atomic E-state index is -0.383. The molecule has 166 valence electrons. The Kier molecular flexibility index (Phi) is 6.65. The van der Waals surface area contributed by atoms with Crippen molar-refractivity contribution < 1.29 is 8.91 Å². The molecule has 1 aliphatic heterocycles. The second-order valence-electron chi connectivity index (χ2n) is 8.09. The Morgan fingerprint density at radius 3 is 2.69 bits per heavy atom. The van der Waals surface area contributed by atoms with Crippen molar-refractivity contribution in [2.24, 2.45) is 0 Å². The van der Waals surface area contributed by atoms with Gasteiger partial charge in [-0.1, -0.05) is 60.8 Å². The van der Waals surface area contributed by atoms with Crippen LogP contribution in [0.15, 0.2) is 58.8 Å². The first-order chi connectivity index (χ1) is 15.5. The molecule has 0 spiro atoms. The summed E-state index contributed by atoms with van der Waals surface area (Å²) < 4.78 is 19.8. The second-order valence-corrected chi connectivity index (χ2v) is 8.47. The number of aromatic nitrogens is 2. The van der Waals surface area contributed by atoms with E-state index >= 15 is 0 Å². The Hall–Kier alpha value is -3.06. The van der Waals surface area contributed by atoms with E-state index in [1.165, 1.54) is 12.1 Å². The third kappa shape index (κ3) is 4.58. The Morgan fingerprint density at radius 2 is 1.94 bits per heavy atom. The molecule has 3 aromatic rings. The van der Waals surface area contributed by atoms with Gasteiger partial charge >= 0.3 is 0 Å². The van der Waals surface area contributed by atoms with E-state index < -0.39 is 0 Å². The molecule has 2 aromatic carbocycles. The molecule has 32 heavy (non-hydrogen) atoms. The lowest BCUT2D eigenvalue weighted by Gasteiger charge is -2.37. The summed E-state index contributed by atoms with van der Waals surface area (Å²) in [4.78, 5) is 6.79. The molecular formula is C25H27FN4OS. The van der Waals surface area contributed by atoms with Crippen molar-refractivity contribution in [3.63, 3.8) is 0 Å². The third-order valence-corrected chi connectivity index (χ3v) is 6.03. The highest BCUT2D eigenvalue weighted by Crippen LogP contribution is 2.37. The molecule has 0 radical (unpaired) electrons. The first-order valence-electron chi connectivity index (χ1n) is 10.9. The Bertz CT molecular complexity index is 1160. The van der Waals surface area contributed by atoms with Gasteiger partial charge in [-0.25, -0.2) is 4.39 Å². The summed E-state index contributed by atoms with van der Waals surface area (Å²) in [6, 6.07) is 14.1. The summed E-state index contributed by atoms with van der Waals surface area (Å²) in [6.45, 7) is 7.00. The minimum Gasteiger partial charge on any atom is -0.351 e. The van der Waals surface area contributed by atoms with E-state index in [1.54, 1.807) is 6.07 Å². The highest BCUT2D eigenvalue weighted by molar-refractivity contribution is 7.80. The molecule has 4 rings (SSSR count). The molecular weight excluding hydrogens is 423 g/mol. The first-order valence-corrected chi connectivity index (χ1v) is 11.3. The van der Waals surface area contributed by atoms with E-state index in [0.717, 1.165) is 53.8 Å². The van der Waals surface area contributed by atoms with Crippen LogP contribution in [0.3, 0.4) is 0 Å².